The average Bonchev–Trinajstić information content (AvgIpc) is 2.16. The molecule has 1 saturated heterocycles. The molecule has 0 radical (unpaired) electrons. The van der Waals surface area contributed by atoms with Gasteiger partial charge in [-0.3, -0.25) is 0 Å². The lowest BCUT2D eigenvalue weighted by atomic mass is 9.95. The lowest BCUT2D eigenvalue weighted by Gasteiger charge is -2.39. The van der Waals surface area contributed by atoms with Crippen LogP contribution in [0.15, 0.2) is 0 Å². The molecule has 1 heterocycles. The van der Waals surface area contributed by atoms with Gasteiger partial charge >= 0.3 is 0 Å². The van der Waals surface area contributed by atoms with Gasteiger partial charge in [0, 0.05) is 24.7 Å². The molecule has 3 heteroatoms. The predicted molar refractivity (Wildman–Crippen MR) is 70.6 cm³/mol. The van der Waals surface area contributed by atoms with Crippen molar-refractivity contribution in [3.63, 3.8) is 0 Å². The number of hydrogen-bond acceptors (Lipinski definition) is 3. The van der Waals surface area contributed by atoms with E-state index in [9.17, 15) is 0 Å². The van der Waals surface area contributed by atoms with Crippen molar-refractivity contribution < 1.29 is 0 Å². The second-order valence-electron chi connectivity index (χ2n) is 5.88. The summed E-state index contributed by atoms with van der Waals surface area (Å²) in [5, 5.41) is 0. The van der Waals surface area contributed by atoms with Crippen LogP contribution in [-0.2, 0) is 0 Å². The summed E-state index contributed by atoms with van der Waals surface area (Å²) in [7, 11) is 4.44. The number of likely N-dealkylation sites (tertiary alicyclic amines) is 1. The Bertz CT molecular complexity index is 203. The van der Waals surface area contributed by atoms with Crippen LogP contribution < -0.4 is 5.73 Å². The zero-order valence-electron chi connectivity index (χ0n) is 11.5. The maximum atomic E-state index is 6.31. The van der Waals surface area contributed by atoms with Gasteiger partial charge in [-0.15, -0.1) is 0 Å². The summed E-state index contributed by atoms with van der Waals surface area (Å²) in [6.07, 6.45) is 4.93. The molecule has 0 aromatic rings. The second-order valence-corrected chi connectivity index (χ2v) is 5.88. The minimum atomic E-state index is -0.0283. The molecular formula is C13H29N3. The fourth-order valence-corrected chi connectivity index (χ4v) is 2.85. The maximum Gasteiger partial charge on any atom is 0.0254 e. The molecule has 0 bridgehead atoms. The summed E-state index contributed by atoms with van der Waals surface area (Å²) in [5.74, 6) is 0. The molecule has 0 saturated carbocycles. The van der Waals surface area contributed by atoms with Gasteiger partial charge in [0.05, 0.1) is 0 Å². The first-order chi connectivity index (χ1) is 7.44. The normalized spacial score (nSPS) is 27.0. The van der Waals surface area contributed by atoms with Crippen LogP contribution in [-0.4, -0.2) is 55.1 Å². The Morgan fingerprint density at radius 1 is 1.50 bits per heavy atom. The van der Waals surface area contributed by atoms with Gasteiger partial charge in [0.25, 0.3) is 0 Å². The molecule has 1 rings (SSSR count). The van der Waals surface area contributed by atoms with E-state index >= 15 is 0 Å². The van der Waals surface area contributed by atoms with E-state index in [1.54, 1.807) is 0 Å². The molecule has 0 aliphatic carbocycles. The van der Waals surface area contributed by atoms with Gasteiger partial charge in [0.15, 0.2) is 0 Å². The minimum absolute atomic E-state index is 0.0283. The van der Waals surface area contributed by atoms with Gasteiger partial charge < -0.3 is 15.5 Å². The van der Waals surface area contributed by atoms with Gasteiger partial charge in [-0.25, -0.2) is 0 Å². The van der Waals surface area contributed by atoms with Crippen molar-refractivity contribution in [3.05, 3.63) is 0 Å². The van der Waals surface area contributed by atoms with Crippen LogP contribution >= 0.6 is 0 Å². The highest BCUT2D eigenvalue weighted by molar-refractivity contribution is 4.86. The Kier molecular flexibility index (Phi) is 5.22. The highest BCUT2D eigenvalue weighted by Gasteiger charge is 2.26. The topological polar surface area (TPSA) is 32.5 Å². The van der Waals surface area contributed by atoms with Crippen molar-refractivity contribution in [1.82, 2.24) is 9.80 Å². The number of hydrogen-bond donors (Lipinski definition) is 1. The third kappa shape index (κ3) is 4.40. The first kappa shape index (κ1) is 13.9. The molecule has 16 heavy (non-hydrogen) atoms. The number of nitrogens with zero attached hydrogens (tertiary/aromatic N) is 2. The number of piperidine rings is 1. The van der Waals surface area contributed by atoms with E-state index in [-0.39, 0.29) is 5.54 Å². The summed E-state index contributed by atoms with van der Waals surface area (Å²) >= 11 is 0. The Hall–Kier alpha value is -0.120. The zero-order chi connectivity index (χ0) is 12.2. The Morgan fingerprint density at radius 2 is 2.19 bits per heavy atom. The molecule has 0 amide bonds. The summed E-state index contributed by atoms with van der Waals surface area (Å²) in [4.78, 5) is 4.89. The van der Waals surface area contributed by atoms with Gasteiger partial charge in [-0.2, -0.15) is 0 Å². The highest BCUT2D eigenvalue weighted by atomic mass is 15.2. The largest absolute Gasteiger partial charge is 0.324 e. The summed E-state index contributed by atoms with van der Waals surface area (Å²) in [6, 6.07) is 0.693. The van der Waals surface area contributed by atoms with Crippen LogP contribution in [0.25, 0.3) is 0 Å². The van der Waals surface area contributed by atoms with Crippen LogP contribution in [0, 0.1) is 0 Å². The fraction of sp³-hybridized carbons (Fsp3) is 1.00. The van der Waals surface area contributed by atoms with E-state index in [2.05, 4.69) is 37.7 Å². The fourth-order valence-electron chi connectivity index (χ4n) is 2.85. The van der Waals surface area contributed by atoms with Crippen molar-refractivity contribution >= 4 is 0 Å². The molecule has 1 fully saturated rings. The molecule has 1 aliphatic heterocycles. The van der Waals surface area contributed by atoms with Crippen molar-refractivity contribution in [3.8, 4) is 0 Å². The van der Waals surface area contributed by atoms with E-state index in [0.29, 0.717) is 6.04 Å². The van der Waals surface area contributed by atoms with E-state index in [1.165, 1.54) is 32.4 Å². The van der Waals surface area contributed by atoms with Gasteiger partial charge in [0.1, 0.15) is 0 Å². The number of rotatable bonds is 5. The highest BCUT2D eigenvalue weighted by Crippen LogP contribution is 2.17. The predicted octanol–water partition coefficient (Wildman–Crippen LogP) is 1.53. The number of likely N-dealkylation sites (N-methyl/N-ethyl adjacent to an activating group) is 2. The van der Waals surface area contributed by atoms with E-state index in [1.807, 2.05) is 0 Å². The van der Waals surface area contributed by atoms with E-state index < -0.39 is 0 Å². The Labute approximate surface area is 101 Å². The Morgan fingerprint density at radius 3 is 2.75 bits per heavy atom. The molecule has 2 atom stereocenters. The molecular weight excluding hydrogens is 198 g/mol. The van der Waals surface area contributed by atoms with Crippen molar-refractivity contribution in [2.45, 2.75) is 51.1 Å². The van der Waals surface area contributed by atoms with E-state index in [0.717, 1.165) is 13.0 Å². The SMILES string of the molecule is CCCC(C)(N)CN(C)C1CCCN(C)C1. The van der Waals surface area contributed by atoms with Gasteiger partial charge in [-0.05, 0) is 46.8 Å². The number of nitrogens with two attached hydrogens (primary N) is 1. The lowest BCUT2D eigenvalue weighted by Crippen LogP contribution is -2.53. The molecule has 0 aromatic heterocycles. The molecule has 1 aliphatic rings. The lowest BCUT2D eigenvalue weighted by molar-refractivity contribution is 0.113. The van der Waals surface area contributed by atoms with Crippen LogP contribution in [0.1, 0.15) is 39.5 Å². The van der Waals surface area contributed by atoms with Crippen molar-refractivity contribution in [2.24, 2.45) is 5.73 Å². The van der Waals surface area contributed by atoms with Crippen LogP contribution in [0.4, 0.5) is 0 Å². The van der Waals surface area contributed by atoms with Crippen molar-refractivity contribution in [2.75, 3.05) is 33.7 Å². The van der Waals surface area contributed by atoms with Crippen LogP contribution in [0.2, 0.25) is 0 Å². The van der Waals surface area contributed by atoms with Crippen LogP contribution in [0.3, 0.4) is 0 Å². The first-order valence-electron chi connectivity index (χ1n) is 6.62. The molecule has 3 nitrogen and oxygen atoms in total. The molecule has 2 unspecified atom stereocenters. The standard InChI is InChI=1S/C13H29N3/c1-5-8-13(2,14)11-16(4)12-7-6-9-15(3)10-12/h12H,5-11,14H2,1-4H3. The van der Waals surface area contributed by atoms with Crippen molar-refractivity contribution in [1.29, 1.82) is 0 Å². The van der Waals surface area contributed by atoms with Gasteiger partial charge in [0.2, 0.25) is 0 Å². The smallest absolute Gasteiger partial charge is 0.0254 e. The molecule has 2 N–H and O–H groups in total. The molecule has 0 aromatic carbocycles. The van der Waals surface area contributed by atoms with E-state index in [4.69, 9.17) is 5.73 Å². The summed E-state index contributed by atoms with van der Waals surface area (Å²) < 4.78 is 0. The third-order valence-corrected chi connectivity index (χ3v) is 3.65. The second kappa shape index (κ2) is 5.99. The monoisotopic (exact) mass is 227 g/mol. The zero-order valence-corrected chi connectivity index (χ0v) is 11.5. The molecule has 96 valence electrons. The minimum Gasteiger partial charge on any atom is -0.324 e. The van der Waals surface area contributed by atoms with Gasteiger partial charge in [-0.1, -0.05) is 13.3 Å². The summed E-state index contributed by atoms with van der Waals surface area (Å²) in [6.45, 7) is 7.84. The molecule has 0 spiro atoms. The first-order valence-corrected chi connectivity index (χ1v) is 6.62. The summed E-state index contributed by atoms with van der Waals surface area (Å²) in [5.41, 5.74) is 6.29. The maximum absolute atomic E-state index is 6.31. The quantitative estimate of drug-likeness (QED) is 0.773. The average molecular weight is 227 g/mol. The van der Waals surface area contributed by atoms with Crippen LogP contribution in [0.5, 0.6) is 0 Å². The third-order valence-electron chi connectivity index (χ3n) is 3.65. The Balaban J connectivity index is 2.41.